The van der Waals surface area contributed by atoms with E-state index in [1.165, 1.54) is 50.5 Å². The van der Waals surface area contributed by atoms with Gasteiger partial charge in [0.05, 0.1) is 0 Å². The van der Waals surface area contributed by atoms with Crippen molar-refractivity contribution in [2.75, 3.05) is 0 Å². The zero-order valence-corrected chi connectivity index (χ0v) is 18.4. The topological polar surface area (TPSA) is 34.1 Å². The van der Waals surface area contributed by atoms with Crippen molar-refractivity contribution in [1.29, 1.82) is 0 Å². The van der Waals surface area contributed by atoms with Crippen LogP contribution in [0.2, 0.25) is 0 Å². The third-order valence-corrected chi connectivity index (χ3v) is 10.9. The molecule has 4 saturated carbocycles. The molecule has 0 aromatic rings. The molecule has 3 unspecified atom stereocenters. The monoisotopic (exact) mass is 382 g/mol. The van der Waals surface area contributed by atoms with E-state index in [0.29, 0.717) is 35.2 Å². The maximum absolute atomic E-state index is 13.2. The molecule has 0 aromatic carbocycles. The minimum Gasteiger partial charge on any atom is -0.299 e. The second kappa shape index (κ2) is 6.05. The average Bonchev–Trinajstić information content (AvgIpc) is 2.94. The summed E-state index contributed by atoms with van der Waals surface area (Å²) in [6.45, 7) is 9.28. The lowest BCUT2D eigenvalue weighted by Gasteiger charge is -2.61. The predicted molar refractivity (Wildman–Crippen MR) is 112 cm³/mol. The second-order valence-electron chi connectivity index (χ2n) is 11.7. The van der Waals surface area contributed by atoms with E-state index in [1.54, 1.807) is 0 Å². The number of carbonyl (C=O) groups excluding carboxylic acids is 2. The van der Waals surface area contributed by atoms with Gasteiger partial charge in [0.2, 0.25) is 0 Å². The molecule has 5 rings (SSSR count). The molecule has 2 heteroatoms. The fourth-order valence-electron chi connectivity index (χ4n) is 9.78. The minimum atomic E-state index is -0.0380. The van der Waals surface area contributed by atoms with Crippen LogP contribution >= 0.6 is 0 Å². The molecule has 0 saturated heterocycles. The van der Waals surface area contributed by atoms with Crippen molar-refractivity contribution in [3.05, 3.63) is 11.6 Å². The van der Waals surface area contributed by atoms with Gasteiger partial charge in [-0.2, -0.15) is 0 Å². The normalized spacial score (nSPS) is 52.8. The first kappa shape index (κ1) is 19.1. The first-order valence-corrected chi connectivity index (χ1v) is 12.0. The van der Waals surface area contributed by atoms with Gasteiger partial charge < -0.3 is 0 Å². The summed E-state index contributed by atoms with van der Waals surface area (Å²) in [4.78, 5) is 25.3. The maximum atomic E-state index is 13.2. The van der Waals surface area contributed by atoms with Crippen LogP contribution in [0.15, 0.2) is 11.6 Å². The van der Waals surface area contributed by atoms with Gasteiger partial charge in [0, 0.05) is 11.8 Å². The first-order chi connectivity index (χ1) is 13.2. The van der Waals surface area contributed by atoms with Crippen LogP contribution in [0.1, 0.15) is 91.9 Å². The van der Waals surface area contributed by atoms with Gasteiger partial charge in [-0.25, -0.2) is 0 Å². The summed E-state index contributed by atoms with van der Waals surface area (Å²) in [5, 5.41) is 0. The Morgan fingerprint density at radius 1 is 1.04 bits per heavy atom. The molecular weight excluding hydrogens is 344 g/mol. The van der Waals surface area contributed by atoms with Crippen molar-refractivity contribution < 1.29 is 9.59 Å². The van der Waals surface area contributed by atoms with Crippen molar-refractivity contribution in [2.24, 2.45) is 45.8 Å². The van der Waals surface area contributed by atoms with Crippen molar-refractivity contribution in [3.8, 4) is 0 Å². The molecule has 154 valence electrons. The number of rotatable bonds is 1. The van der Waals surface area contributed by atoms with E-state index in [1.807, 2.05) is 13.0 Å². The van der Waals surface area contributed by atoms with E-state index >= 15 is 0 Å². The molecule has 5 aliphatic rings. The molecule has 0 N–H and O–H groups in total. The Labute approximate surface area is 170 Å². The van der Waals surface area contributed by atoms with Gasteiger partial charge in [-0.3, -0.25) is 9.59 Å². The third-order valence-electron chi connectivity index (χ3n) is 10.9. The van der Waals surface area contributed by atoms with Crippen LogP contribution in [0.5, 0.6) is 0 Å². The fourth-order valence-corrected chi connectivity index (χ4v) is 9.78. The van der Waals surface area contributed by atoms with Gasteiger partial charge in [0.15, 0.2) is 5.78 Å². The van der Waals surface area contributed by atoms with Crippen LogP contribution in [0.25, 0.3) is 0 Å². The summed E-state index contributed by atoms with van der Waals surface area (Å²) in [6, 6.07) is 0. The van der Waals surface area contributed by atoms with Gasteiger partial charge >= 0.3 is 0 Å². The molecule has 0 aromatic heterocycles. The van der Waals surface area contributed by atoms with Crippen LogP contribution in [0.3, 0.4) is 0 Å². The first-order valence-electron chi connectivity index (χ1n) is 12.0. The Bertz CT molecular complexity index is 750. The summed E-state index contributed by atoms with van der Waals surface area (Å²) in [7, 11) is 0. The number of hydrogen-bond acceptors (Lipinski definition) is 2. The number of hydrogen-bond donors (Lipinski definition) is 0. The maximum Gasteiger partial charge on any atom is 0.155 e. The summed E-state index contributed by atoms with van der Waals surface area (Å²) in [5.41, 5.74) is 1.84. The van der Waals surface area contributed by atoms with Gasteiger partial charge in [-0.15, -0.1) is 0 Å². The highest BCUT2D eigenvalue weighted by atomic mass is 16.1. The summed E-state index contributed by atoms with van der Waals surface area (Å²) >= 11 is 0. The molecule has 0 aliphatic heterocycles. The van der Waals surface area contributed by atoms with Crippen LogP contribution < -0.4 is 0 Å². The number of carbonyl (C=O) groups is 2. The molecule has 28 heavy (non-hydrogen) atoms. The van der Waals surface area contributed by atoms with Crippen molar-refractivity contribution in [2.45, 2.75) is 91.9 Å². The number of fused-ring (bicyclic) bond motifs is 7. The largest absolute Gasteiger partial charge is 0.299 e. The third kappa shape index (κ3) is 2.16. The molecule has 4 fully saturated rings. The van der Waals surface area contributed by atoms with E-state index in [0.717, 1.165) is 25.2 Å². The van der Waals surface area contributed by atoms with Gasteiger partial charge in [-0.05, 0) is 98.4 Å². The highest BCUT2D eigenvalue weighted by Gasteiger charge is 2.69. The van der Waals surface area contributed by atoms with Gasteiger partial charge in [-0.1, -0.05) is 39.2 Å². The predicted octanol–water partition coefficient (Wildman–Crippen LogP) is 6.14. The Hall–Kier alpha value is -0.920. The fraction of sp³-hybridized carbons (Fsp3) is 0.846. The molecular formula is C26H38O2. The zero-order valence-electron chi connectivity index (χ0n) is 18.4. The lowest BCUT2D eigenvalue weighted by Crippen LogP contribution is -2.56. The van der Waals surface area contributed by atoms with Gasteiger partial charge in [0.1, 0.15) is 5.78 Å². The second-order valence-corrected chi connectivity index (χ2v) is 11.7. The van der Waals surface area contributed by atoms with Crippen LogP contribution in [0, 0.1) is 45.8 Å². The van der Waals surface area contributed by atoms with Crippen LogP contribution in [-0.2, 0) is 9.59 Å². The number of ketones is 2. The van der Waals surface area contributed by atoms with E-state index < -0.39 is 0 Å². The molecule has 0 radical (unpaired) electrons. The standard InChI is InChI=1S/C26H38O2/c1-16-13-20-21(24(3)11-8-19(28)15-22(16)24)9-12-25(4)23(20)14-18-7-5-6-10-26(18,25)17(2)27/h15-16,18,20-21,23H,5-14H2,1-4H3/t16-,18+,20?,21?,23?,24+,25-,26-/m0/s1. The lowest BCUT2D eigenvalue weighted by molar-refractivity contribution is -0.149. The van der Waals surface area contributed by atoms with Crippen molar-refractivity contribution in [3.63, 3.8) is 0 Å². The van der Waals surface area contributed by atoms with E-state index in [-0.39, 0.29) is 16.2 Å². The Kier molecular flexibility index (Phi) is 4.12. The number of allylic oxidation sites excluding steroid dienone is 1. The van der Waals surface area contributed by atoms with E-state index in [2.05, 4.69) is 20.8 Å². The van der Waals surface area contributed by atoms with E-state index in [9.17, 15) is 9.59 Å². The molecule has 0 amide bonds. The Balaban J connectivity index is 1.57. The summed E-state index contributed by atoms with van der Waals surface area (Å²) in [6.07, 6.45) is 13.8. The van der Waals surface area contributed by atoms with Crippen LogP contribution in [-0.4, -0.2) is 11.6 Å². The number of Topliss-reactive ketones (excluding diaryl/α,β-unsaturated/α-hetero) is 1. The van der Waals surface area contributed by atoms with Crippen molar-refractivity contribution in [1.82, 2.24) is 0 Å². The highest BCUT2D eigenvalue weighted by molar-refractivity contribution is 5.91. The molecule has 5 aliphatic carbocycles. The molecule has 0 heterocycles. The summed E-state index contributed by atoms with van der Waals surface area (Å²) in [5.74, 6) is 4.16. The summed E-state index contributed by atoms with van der Waals surface area (Å²) < 4.78 is 0. The Morgan fingerprint density at radius 3 is 2.57 bits per heavy atom. The molecule has 0 spiro atoms. The molecule has 8 atom stereocenters. The quantitative estimate of drug-likeness (QED) is 0.546. The van der Waals surface area contributed by atoms with Gasteiger partial charge in [0.25, 0.3) is 0 Å². The van der Waals surface area contributed by atoms with Crippen molar-refractivity contribution >= 4 is 11.6 Å². The van der Waals surface area contributed by atoms with E-state index in [4.69, 9.17) is 0 Å². The zero-order chi connectivity index (χ0) is 19.9. The highest BCUT2D eigenvalue weighted by Crippen LogP contribution is 2.74. The smallest absolute Gasteiger partial charge is 0.155 e. The molecule has 2 nitrogen and oxygen atoms in total. The molecule has 0 bridgehead atoms. The minimum absolute atomic E-state index is 0.0380. The average molecular weight is 383 g/mol. The van der Waals surface area contributed by atoms with Crippen LogP contribution in [0.4, 0.5) is 0 Å². The lowest BCUT2D eigenvalue weighted by atomic mass is 9.43. The Morgan fingerprint density at radius 2 is 1.82 bits per heavy atom. The SMILES string of the molecule is CC(=O)[C@@]12CCCC[C@@H]1CC1C3C[C@H](C)C4=CC(=O)CC[C@]4(C)C3CC[C@@]12C.